The number of hydrogen-bond donors (Lipinski definition) is 10. The summed E-state index contributed by atoms with van der Waals surface area (Å²) >= 11 is 0. The van der Waals surface area contributed by atoms with Crippen LogP contribution in [0.4, 0.5) is 0 Å². The first-order valence-corrected chi connectivity index (χ1v) is 10.4. The number of aliphatic hydroxyl groups is 10. The Morgan fingerprint density at radius 2 is 0.970 bits per heavy atom. The lowest BCUT2D eigenvalue weighted by atomic mass is 9.96. The van der Waals surface area contributed by atoms with E-state index >= 15 is 0 Å². The highest BCUT2D eigenvalue weighted by Crippen LogP contribution is 2.32. The van der Waals surface area contributed by atoms with Gasteiger partial charge in [0.1, 0.15) is 67.1 Å². The van der Waals surface area contributed by atoms with Crippen LogP contribution in [0.25, 0.3) is 0 Å². The summed E-state index contributed by atoms with van der Waals surface area (Å²) < 4.78 is 26.7. The molecule has 15 heteroatoms. The zero-order chi connectivity index (χ0) is 24.6. The van der Waals surface area contributed by atoms with Crippen molar-refractivity contribution in [2.24, 2.45) is 0 Å². The van der Waals surface area contributed by atoms with Crippen LogP contribution in [-0.2, 0) is 23.7 Å². The topological polar surface area (TPSA) is 248 Å². The van der Waals surface area contributed by atoms with E-state index in [-0.39, 0.29) is 0 Å². The summed E-state index contributed by atoms with van der Waals surface area (Å²) in [5.74, 6) is 0. The molecule has 15 nitrogen and oxygen atoms in total. The van der Waals surface area contributed by atoms with Gasteiger partial charge >= 0.3 is 0 Å². The number of ether oxygens (including phenoxy) is 5. The molecule has 0 amide bonds. The molecule has 0 aromatic carbocycles. The van der Waals surface area contributed by atoms with Crippen LogP contribution < -0.4 is 0 Å². The monoisotopic (exact) mass is 488 g/mol. The zero-order valence-electron chi connectivity index (χ0n) is 17.6. The van der Waals surface area contributed by atoms with Crippen LogP contribution in [0.5, 0.6) is 0 Å². The van der Waals surface area contributed by atoms with Gasteiger partial charge < -0.3 is 74.7 Å². The minimum absolute atomic E-state index is 0.703. The molecule has 0 saturated carbocycles. The Balaban J connectivity index is 1.72. The summed E-state index contributed by atoms with van der Waals surface area (Å²) in [7, 11) is 0. The second-order valence-corrected chi connectivity index (χ2v) is 8.32. The Kier molecular flexibility index (Phi) is 8.99. The number of hydrogen-bond acceptors (Lipinski definition) is 15. The van der Waals surface area contributed by atoms with Crippen LogP contribution in [0.15, 0.2) is 0 Å². The van der Waals surface area contributed by atoms with Gasteiger partial charge in [-0.25, -0.2) is 0 Å². The average molecular weight is 488 g/mol. The van der Waals surface area contributed by atoms with Gasteiger partial charge in [-0.3, -0.25) is 0 Å². The Labute approximate surface area is 187 Å². The fourth-order valence-corrected chi connectivity index (χ4v) is 4.02. The second kappa shape index (κ2) is 11.0. The van der Waals surface area contributed by atoms with Crippen molar-refractivity contribution < 1.29 is 74.7 Å². The maximum Gasteiger partial charge on any atom is 0.187 e. The van der Waals surface area contributed by atoms with E-state index in [1.807, 2.05) is 0 Å². The van der Waals surface area contributed by atoms with Crippen molar-refractivity contribution in [3.63, 3.8) is 0 Å². The number of aliphatic hydroxyl groups excluding tert-OH is 10. The van der Waals surface area contributed by atoms with E-state index in [1.165, 1.54) is 6.92 Å². The fourth-order valence-electron chi connectivity index (χ4n) is 4.02. The van der Waals surface area contributed by atoms with Crippen molar-refractivity contribution >= 4 is 0 Å². The van der Waals surface area contributed by atoms with E-state index in [4.69, 9.17) is 23.7 Å². The first-order chi connectivity index (χ1) is 15.5. The third kappa shape index (κ3) is 5.32. The van der Waals surface area contributed by atoms with Gasteiger partial charge in [-0.2, -0.15) is 0 Å². The highest BCUT2D eigenvalue weighted by Gasteiger charge is 2.52. The Bertz CT molecular complexity index is 572. The normalized spacial score (nSPS) is 53.7. The second-order valence-electron chi connectivity index (χ2n) is 8.32. The predicted octanol–water partition coefficient (Wildman–Crippen LogP) is -6.55. The lowest BCUT2D eigenvalue weighted by Gasteiger charge is -2.47. The minimum atomic E-state index is -1.81. The fraction of sp³-hybridized carbons (Fsp3) is 1.00. The van der Waals surface area contributed by atoms with E-state index in [1.54, 1.807) is 0 Å². The maximum atomic E-state index is 10.8. The average Bonchev–Trinajstić information content (AvgIpc) is 2.79. The molecule has 3 aliphatic rings. The maximum absolute atomic E-state index is 10.8. The molecule has 0 aliphatic carbocycles. The van der Waals surface area contributed by atoms with Crippen molar-refractivity contribution in [2.75, 3.05) is 13.2 Å². The molecule has 15 atom stereocenters. The lowest BCUT2D eigenvalue weighted by molar-refractivity contribution is -0.379. The van der Waals surface area contributed by atoms with E-state index in [2.05, 4.69) is 0 Å². The molecule has 3 fully saturated rings. The van der Waals surface area contributed by atoms with Crippen LogP contribution in [0.3, 0.4) is 0 Å². The van der Waals surface area contributed by atoms with E-state index in [0.29, 0.717) is 0 Å². The van der Waals surface area contributed by atoms with Crippen LogP contribution in [0, 0.1) is 0 Å². The van der Waals surface area contributed by atoms with E-state index in [9.17, 15) is 51.1 Å². The molecule has 0 aromatic heterocycles. The van der Waals surface area contributed by atoms with Crippen LogP contribution in [0.1, 0.15) is 6.92 Å². The lowest BCUT2D eigenvalue weighted by Crippen LogP contribution is -2.65. The highest BCUT2D eigenvalue weighted by atomic mass is 16.8. The summed E-state index contributed by atoms with van der Waals surface area (Å²) in [6, 6.07) is 0. The predicted molar refractivity (Wildman–Crippen MR) is 99.8 cm³/mol. The molecule has 0 aromatic rings. The number of rotatable bonds is 6. The van der Waals surface area contributed by atoms with E-state index < -0.39 is 105 Å². The van der Waals surface area contributed by atoms with Crippen molar-refractivity contribution in [1.82, 2.24) is 0 Å². The van der Waals surface area contributed by atoms with E-state index in [0.717, 1.165) is 0 Å². The molecule has 0 unspecified atom stereocenters. The molecule has 3 rings (SSSR count). The van der Waals surface area contributed by atoms with Gasteiger partial charge in [0.05, 0.1) is 19.3 Å². The van der Waals surface area contributed by atoms with Gasteiger partial charge in [0.15, 0.2) is 18.9 Å². The van der Waals surface area contributed by atoms with Gasteiger partial charge in [-0.05, 0) is 6.92 Å². The first kappa shape index (κ1) is 27.0. The van der Waals surface area contributed by atoms with Crippen molar-refractivity contribution in [2.45, 2.75) is 99.0 Å². The molecule has 3 heterocycles. The summed E-state index contributed by atoms with van der Waals surface area (Å²) in [6.45, 7) is -0.0200. The highest BCUT2D eigenvalue weighted by molar-refractivity contribution is 4.95. The molecule has 0 bridgehead atoms. The smallest absolute Gasteiger partial charge is 0.187 e. The molecular formula is C18H32O15. The molecule has 0 radical (unpaired) electrons. The molecule has 0 spiro atoms. The van der Waals surface area contributed by atoms with Crippen LogP contribution in [0.2, 0.25) is 0 Å². The van der Waals surface area contributed by atoms with Gasteiger partial charge in [0.2, 0.25) is 0 Å². The Morgan fingerprint density at radius 1 is 0.545 bits per heavy atom. The van der Waals surface area contributed by atoms with Crippen LogP contribution in [-0.4, -0.2) is 156 Å². The molecule has 194 valence electrons. The van der Waals surface area contributed by atoms with Gasteiger partial charge in [0, 0.05) is 0 Å². The van der Waals surface area contributed by atoms with Crippen molar-refractivity contribution in [1.29, 1.82) is 0 Å². The summed E-state index contributed by atoms with van der Waals surface area (Å²) in [5, 5.41) is 99.5. The third-order valence-corrected chi connectivity index (χ3v) is 6.05. The quantitative estimate of drug-likeness (QED) is 0.167. The van der Waals surface area contributed by atoms with Crippen molar-refractivity contribution in [3.05, 3.63) is 0 Å². The Morgan fingerprint density at radius 3 is 1.39 bits per heavy atom. The largest absolute Gasteiger partial charge is 0.394 e. The summed E-state index contributed by atoms with van der Waals surface area (Å²) in [5.41, 5.74) is 0. The van der Waals surface area contributed by atoms with Crippen molar-refractivity contribution in [3.8, 4) is 0 Å². The minimum Gasteiger partial charge on any atom is -0.394 e. The van der Waals surface area contributed by atoms with Gasteiger partial charge in [0.25, 0.3) is 0 Å². The summed E-state index contributed by atoms with van der Waals surface area (Å²) in [6.07, 6.45) is -23.7. The van der Waals surface area contributed by atoms with Crippen LogP contribution >= 0.6 is 0 Å². The standard InChI is InChI=1S/C18H32O15/c1-4-14(32-17-11(25)9(23)7(21)5(2-19)30-17)13(27)15(16(28)29-4)33-18-12(26)10(24)8(22)6(3-20)31-18/h4-28H,2-3H2,1H3/t4-,5+,6+,7-,8+,9-,10-,11+,12+,13+,14-,15+,16+,17+,18-/m0/s1. The van der Waals surface area contributed by atoms with Gasteiger partial charge in [-0.15, -0.1) is 0 Å². The Hall–Kier alpha value is -0.600. The zero-order valence-corrected chi connectivity index (χ0v) is 17.6. The molecular weight excluding hydrogens is 456 g/mol. The molecule has 10 N–H and O–H groups in total. The molecule has 3 aliphatic heterocycles. The van der Waals surface area contributed by atoms with Gasteiger partial charge in [-0.1, -0.05) is 0 Å². The SMILES string of the molecule is C[C@@H]1O[C@@H](O)[C@H](O[C@@H]2O[C@H](CO)[C@@H](O)[C@H](O)[C@H]2O)[C@H](O)[C@H]1O[C@H]1O[C@H](CO)[C@H](O)[C@H](O)[C@H]1O. The molecule has 3 saturated heterocycles. The third-order valence-electron chi connectivity index (χ3n) is 6.05. The summed E-state index contributed by atoms with van der Waals surface area (Å²) in [4.78, 5) is 0. The first-order valence-electron chi connectivity index (χ1n) is 10.4. The molecule has 33 heavy (non-hydrogen) atoms.